The van der Waals surface area contributed by atoms with E-state index in [1.807, 2.05) is 0 Å². The van der Waals surface area contributed by atoms with Crippen molar-refractivity contribution in [3.05, 3.63) is 32.7 Å². The van der Waals surface area contributed by atoms with E-state index in [-0.39, 0.29) is 0 Å². The number of methoxy groups -OCH3 is 1. The molecule has 2 aromatic rings. The van der Waals surface area contributed by atoms with Gasteiger partial charge in [-0.15, -0.1) is 0 Å². The lowest BCUT2D eigenvalue weighted by Crippen LogP contribution is -2.22. The summed E-state index contributed by atoms with van der Waals surface area (Å²) >= 11 is 11.9. The summed E-state index contributed by atoms with van der Waals surface area (Å²) in [5.41, 5.74) is -0.0395. The topological polar surface area (TPSA) is 61.9 Å². The van der Waals surface area contributed by atoms with Crippen LogP contribution in [0.5, 0.6) is 5.75 Å². The molecule has 0 N–H and O–H groups in total. The van der Waals surface area contributed by atoms with Crippen LogP contribution in [0.1, 0.15) is 0 Å². The van der Waals surface area contributed by atoms with E-state index in [0.29, 0.717) is 21.5 Å². The van der Waals surface area contributed by atoms with Gasteiger partial charge in [-0.1, -0.05) is 23.2 Å². The molecule has 0 amide bonds. The summed E-state index contributed by atoms with van der Waals surface area (Å²) in [6, 6.07) is 3.01. The van der Waals surface area contributed by atoms with Gasteiger partial charge >= 0.3 is 5.69 Å². The Labute approximate surface area is 106 Å². The van der Waals surface area contributed by atoms with E-state index >= 15 is 0 Å². The SMILES string of the molecule is COc1cc(-n2nnn(C)c2=O)c(Cl)cc1Cl. The monoisotopic (exact) mass is 274 g/mol. The van der Waals surface area contributed by atoms with Crippen molar-refractivity contribution in [3.8, 4) is 11.4 Å². The third-order valence-electron chi connectivity index (χ3n) is 2.17. The molecular weight excluding hydrogens is 267 g/mol. The van der Waals surface area contributed by atoms with Crippen molar-refractivity contribution in [1.29, 1.82) is 0 Å². The quantitative estimate of drug-likeness (QED) is 0.828. The molecule has 0 spiro atoms. The minimum Gasteiger partial charge on any atom is -0.495 e. The van der Waals surface area contributed by atoms with Gasteiger partial charge in [-0.25, -0.2) is 4.79 Å². The van der Waals surface area contributed by atoms with E-state index in [4.69, 9.17) is 27.9 Å². The average molecular weight is 275 g/mol. The largest absolute Gasteiger partial charge is 0.495 e. The Morgan fingerprint density at radius 3 is 2.47 bits per heavy atom. The Hall–Kier alpha value is -1.53. The lowest BCUT2D eigenvalue weighted by molar-refractivity contribution is 0.414. The molecule has 0 aliphatic rings. The summed E-state index contributed by atoms with van der Waals surface area (Å²) in [5, 5.41) is 7.93. The predicted molar refractivity (Wildman–Crippen MR) is 63.2 cm³/mol. The van der Waals surface area contributed by atoms with Crippen molar-refractivity contribution in [2.75, 3.05) is 7.11 Å². The number of hydrogen-bond donors (Lipinski definition) is 0. The molecule has 1 heterocycles. The zero-order chi connectivity index (χ0) is 12.6. The van der Waals surface area contributed by atoms with Crippen molar-refractivity contribution in [1.82, 2.24) is 19.8 Å². The van der Waals surface area contributed by atoms with Gasteiger partial charge in [-0.2, -0.15) is 9.36 Å². The van der Waals surface area contributed by atoms with Crippen molar-refractivity contribution in [3.63, 3.8) is 0 Å². The molecule has 0 bridgehead atoms. The van der Waals surface area contributed by atoms with Crippen LogP contribution in [0.2, 0.25) is 10.0 Å². The number of aryl methyl sites for hydroxylation is 1. The molecule has 0 fully saturated rings. The number of hydrogen-bond acceptors (Lipinski definition) is 4. The normalized spacial score (nSPS) is 10.6. The van der Waals surface area contributed by atoms with Gasteiger partial charge < -0.3 is 4.74 Å². The first-order valence-corrected chi connectivity index (χ1v) is 5.32. The number of tetrazole rings is 1. The van der Waals surface area contributed by atoms with E-state index in [2.05, 4.69) is 10.4 Å². The van der Waals surface area contributed by atoms with Crippen molar-refractivity contribution in [2.24, 2.45) is 7.05 Å². The summed E-state index contributed by atoms with van der Waals surface area (Å²) in [4.78, 5) is 11.7. The van der Waals surface area contributed by atoms with Crippen LogP contribution in [0.3, 0.4) is 0 Å². The molecule has 90 valence electrons. The standard InChI is InChI=1S/C9H8Cl2N4O2/c1-14-9(16)15(13-12-14)7-4-8(17-2)6(11)3-5(7)10/h3-4H,1-2H3. The van der Waals surface area contributed by atoms with Gasteiger partial charge in [-0.3, -0.25) is 0 Å². The van der Waals surface area contributed by atoms with Crippen LogP contribution in [0.15, 0.2) is 16.9 Å². The lowest BCUT2D eigenvalue weighted by atomic mass is 10.3. The van der Waals surface area contributed by atoms with Crippen LogP contribution in [0.4, 0.5) is 0 Å². The minimum atomic E-state index is -0.406. The second kappa shape index (κ2) is 4.38. The van der Waals surface area contributed by atoms with E-state index < -0.39 is 5.69 Å². The molecule has 1 aromatic carbocycles. The smallest absolute Gasteiger partial charge is 0.368 e. The summed E-state index contributed by atoms with van der Waals surface area (Å²) < 4.78 is 7.21. The Morgan fingerprint density at radius 1 is 1.24 bits per heavy atom. The van der Waals surface area contributed by atoms with Crippen LogP contribution in [0.25, 0.3) is 5.69 Å². The summed E-state index contributed by atoms with van der Waals surface area (Å²) in [5.74, 6) is 0.406. The molecule has 1 aromatic heterocycles. The number of aromatic nitrogens is 4. The molecule has 0 saturated heterocycles. The molecule has 0 radical (unpaired) electrons. The fraction of sp³-hybridized carbons (Fsp3) is 0.222. The predicted octanol–water partition coefficient (Wildman–Crippen LogP) is 1.28. The number of benzene rings is 1. The van der Waals surface area contributed by atoms with Crippen molar-refractivity contribution < 1.29 is 4.74 Å². The average Bonchev–Trinajstić information content (AvgIpc) is 2.61. The molecule has 0 unspecified atom stereocenters. The molecule has 17 heavy (non-hydrogen) atoms. The first-order valence-electron chi connectivity index (χ1n) is 4.57. The molecule has 0 aliphatic carbocycles. The van der Waals surface area contributed by atoms with E-state index in [1.165, 1.54) is 26.3 Å². The van der Waals surface area contributed by atoms with Gasteiger partial charge in [0.15, 0.2) is 0 Å². The van der Waals surface area contributed by atoms with Crippen LogP contribution in [0, 0.1) is 0 Å². The molecule has 8 heteroatoms. The highest BCUT2D eigenvalue weighted by Crippen LogP contribution is 2.31. The minimum absolute atomic E-state index is 0.290. The molecule has 0 saturated carbocycles. The van der Waals surface area contributed by atoms with Crippen LogP contribution in [-0.4, -0.2) is 26.9 Å². The number of nitrogens with zero attached hydrogens (tertiary/aromatic N) is 4. The van der Waals surface area contributed by atoms with Crippen LogP contribution < -0.4 is 10.4 Å². The van der Waals surface area contributed by atoms with Gasteiger partial charge in [0.05, 0.1) is 22.8 Å². The Morgan fingerprint density at radius 2 is 1.94 bits per heavy atom. The van der Waals surface area contributed by atoms with Gasteiger partial charge in [0.25, 0.3) is 0 Å². The maximum atomic E-state index is 11.7. The van der Waals surface area contributed by atoms with Gasteiger partial charge in [0, 0.05) is 13.1 Å². The molecule has 0 atom stereocenters. The second-order valence-electron chi connectivity index (χ2n) is 3.24. The maximum absolute atomic E-state index is 11.7. The first-order chi connectivity index (χ1) is 8.04. The number of rotatable bonds is 2. The fourth-order valence-corrected chi connectivity index (χ4v) is 1.84. The first kappa shape index (κ1) is 11.9. The highest BCUT2D eigenvalue weighted by molar-refractivity contribution is 6.36. The fourth-order valence-electron chi connectivity index (χ4n) is 1.30. The molecule has 2 rings (SSSR count). The van der Waals surface area contributed by atoms with Crippen LogP contribution in [-0.2, 0) is 7.05 Å². The molecule has 0 aliphatic heterocycles. The molecule has 6 nitrogen and oxygen atoms in total. The lowest BCUT2D eigenvalue weighted by Gasteiger charge is -2.07. The zero-order valence-corrected chi connectivity index (χ0v) is 10.5. The number of ether oxygens (including phenoxy) is 1. The van der Waals surface area contributed by atoms with Crippen molar-refractivity contribution >= 4 is 23.2 Å². The van der Waals surface area contributed by atoms with Crippen LogP contribution >= 0.6 is 23.2 Å². The summed E-state index contributed by atoms with van der Waals surface area (Å²) in [6.07, 6.45) is 0. The summed E-state index contributed by atoms with van der Waals surface area (Å²) in [7, 11) is 2.96. The highest BCUT2D eigenvalue weighted by Gasteiger charge is 2.13. The Balaban J connectivity index is 2.67. The van der Waals surface area contributed by atoms with Gasteiger partial charge in [-0.05, 0) is 16.5 Å². The summed E-state index contributed by atoms with van der Waals surface area (Å²) in [6.45, 7) is 0. The zero-order valence-electron chi connectivity index (χ0n) is 9.02. The Bertz CT molecular complexity index is 620. The van der Waals surface area contributed by atoms with E-state index in [1.54, 1.807) is 0 Å². The van der Waals surface area contributed by atoms with E-state index in [0.717, 1.165) is 9.36 Å². The maximum Gasteiger partial charge on any atom is 0.368 e. The highest BCUT2D eigenvalue weighted by atomic mass is 35.5. The van der Waals surface area contributed by atoms with Gasteiger partial charge in [0.1, 0.15) is 5.75 Å². The second-order valence-corrected chi connectivity index (χ2v) is 4.05. The number of halogens is 2. The van der Waals surface area contributed by atoms with Gasteiger partial charge in [0.2, 0.25) is 0 Å². The molecular formula is C9H8Cl2N4O2. The third-order valence-corrected chi connectivity index (χ3v) is 2.77. The Kier molecular flexibility index (Phi) is 3.08. The van der Waals surface area contributed by atoms with E-state index in [9.17, 15) is 4.79 Å². The third kappa shape index (κ3) is 2.01. The van der Waals surface area contributed by atoms with Crippen molar-refractivity contribution in [2.45, 2.75) is 0 Å².